The van der Waals surface area contributed by atoms with Crippen molar-refractivity contribution in [3.8, 4) is 23.6 Å². The van der Waals surface area contributed by atoms with Crippen LogP contribution in [0.15, 0.2) is 41.3 Å². The van der Waals surface area contributed by atoms with Crippen molar-refractivity contribution in [2.75, 3.05) is 26.4 Å². The summed E-state index contributed by atoms with van der Waals surface area (Å²) in [6.45, 7) is 13.1. The molecular formula is C23H15N4O8S-. The van der Waals surface area contributed by atoms with Crippen molar-refractivity contribution in [3.05, 3.63) is 75.2 Å². The van der Waals surface area contributed by atoms with Crippen LogP contribution in [0.5, 0.6) is 11.5 Å². The van der Waals surface area contributed by atoms with Crippen LogP contribution >= 0.6 is 0 Å². The predicted molar refractivity (Wildman–Crippen MR) is 120 cm³/mol. The van der Waals surface area contributed by atoms with Crippen molar-refractivity contribution in [3.63, 3.8) is 0 Å². The third kappa shape index (κ3) is 6.57. The van der Waals surface area contributed by atoms with Gasteiger partial charge in [-0.05, 0) is 24.3 Å². The maximum Gasteiger partial charge on any atom is 0.339 e. The smallest absolute Gasteiger partial charge is 0.339 e. The molecule has 2 aromatic carbocycles. The molecule has 0 saturated heterocycles. The highest BCUT2D eigenvalue weighted by atomic mass is 32.2. The van der Waals surface area contributed by atoms with Crippen molar-refractivity contribution in [2.45, 2.75) is 4.90 Å². The Morgan fingerprint density at radius 1 is 0.972 bits per heavy atom. The second-order valence-corrected chi connectivity index (χ2v) is 7.84. The van der Waals surface area contributed by atoms with Gasteiger partial charge >= 0.3 is 5.97 Å². The van der Waals surface area contributed by atoms with Crippen LogP contribution in [0.4, 0.5) is 0 Å². The lowest BCUT2D eigenvalue weighted by Gasteiger charge is -2.13. The minimum absolute atomic E-state index is 0.0199. The van der Waals surface area contributed by atoms with Gasteiger partial charge in [-0.2, -0.15) is 0 Å². The molecule has 0 aliphatic heterocycles. The summed E-state index contributed by atoms with van der Waals surface area (Å²) in [4.78, 5) is 17.8. The van der Waals surface area contributed by atoms with Crippen LogP contribution in [0.2, 0.25) is 0 Å². The van der Waals surface area contributed by atoms with E-state index in [2.05, 4.69) is 9.69 Å². The van der Waals surface area contributed by atoms with Gasteiger partial charge in [0.15, 0.2) is 0 Å². The number of aliphatic hydroxyl groups excluding tert-OH is 1. The van der Waals surface area contributed by atoms with E-state index >= 15 is 0 Å². The van der Waals surface area contributed by atoms with E-state index in [-0.39, 0.29) is 47.5 Å². The number of hydrogen-bond acceptors (Lipinski definition) is 10. The molecule has 0 aliphatic rings. The lowest BCUT2D eigenvalue weighted by Crippen LogP contribution is -2.22. The van der Waals surface area contributed by atoms with Crippen LogP contribution in [-0.4, -0.2) is 50.5 Å². The number of aliphatic hydroxyl groups is 1. The zero-order valence-electron chi connectivity index (χ0n) is 18.3. The van der Waals surface area contributed by atoms with Crippen molar-refractivity contribution in [2.24, 2.45) is 0 Å². The molecule has 0 unspecified atom stereocenters. The van der Waals surface area contributed by atoms with E-state index in [9.17, 15) is 28.3 Å². The van der Waals surface area contributed by atoms with Gasteiger partial charge in [-0.25, -0.2) is 33.4 Å². The van der Waals surface area contributed by atoms with E-state index in [4.69, 9.17) is 32.5 Å². The molecule has 0 amide bonds. The van der Waals surface area contributed by atoms with Crippen molar-refractivity contribution in [1.82, 2.24) is 0 Å². The molecule has 13 heteroatoms. The highest BCUT2D eigenvalue weighted by molar-refractivity contribution is 7.85. The van der Waals surface area contributed by atoms with Gasteiger partial charge in [0.25, 0.3) is 11.4 Å². The number of benzene rings is 2. The Labute approximate surface area is 205 Å². The molecule has 0 aliphatic carbocycles. The summed E-state index contributed by atoms with van der Waals surface area (Å²) >= 11 is 0. The second-order valence-electron chi connectivity index (χ2n) is 6.50. The number of carbonyl (C=O) groups excluding carboxylic acids is 1. The molecule has 0 heterocycles. The molecule has 0 aromatic heterocycles. The lowest BCUT2D eigenvalue weighted by molar-refractivity contribution is 0.0445. The van der Waals surface area contributed by atoms with Gasteiger partial charge in [0.05, 0.1) is 42.3 Å². The summed E-state index contributed by atoms with van der Waals surface area (Å²) in [5, 5.41) is 27.6. The Hall–Kier alpha value is -4.92. The highest BCUT2D eigenvalue weighted by Crippen LogP contribution is 2.16. The first-order chi connectivity index (χ1) is 17.2. The molecule has 0 bridgehead atoms. The van der Waals surface area contributed by atoms with Gasteiger partial charge in [0.2, 0.25) is 0 Å². The molecule has 0 radical (unpaired) electrons. The molecule has 0 atom stereocenters. The van der Waals surface area contributed by atoms with Crippen LogP contribution in [0, 0.1) is 35.8 Å². The SMILES string of the molecule is [C-]#[N+]/C(C#N)=c1/cc(OCCOC(=O)c2ccccc2S(=O)(=O)[O-])/c(=C(\C#N)[N+]#[C-])cc1OCCO. The first kappa shape index (κ1) is 27.3. The topological polar surface area (TPSA) is 178 Å². The number of nitriles is 2. The van der Waals surface area contributed by atoms with E-state index in [1.807, 2.05) is 0 Å². The number of esters is 1. The number of hydrogen-bond donors (Lipinski definition) is 1. The van der Waals surface area contributed by atoms with Crippen molar-refractivity contribution < 1.29 is 37.1 Å². The number of nitrogens with zero attached hydrogens (tertiary/aromatic N) is 4. The minimum atomic E-state index is -4.93. The molecular weight excluding hydrogens is 492 g/mol. The Bertz CT molecular complexity index is 1540. The fraction of sp³-hybridized carbons (Fsp3) is 0.174. The number of rotatable bonds is 9. The minimum Gasteiger partial charge on any atom is -0.744 e. The largest absolute Gasteiger partial charge is 0.744 e. The maximum atomic E-state index is 12.3. The van der Waals surface area contributed by atoms with Crippen LogP contribution in [0.1, 0.15) is 10.4 Å². The second kappa shape index (κ2) is 12.5. The molecule has 0 fully saturated rings. The standard InChI is InChI=1S/C23H16N4O8S/c1-26-18(13-24)16-12-21(17(19(14-25)27-2)11-20(16)33-8-7-28)34-9-10-35-23(29)15-5-3-4-6-22(15)36(30,31)32/h3-6,11-12,28H,7-10H2,(H,30,31,32)/p-1/b18-16-,19-17+. The molecule has 2 aromatic rings. The van der Waals surface area contributed by atoms with E-state index in [0.29, 0.717) is 0 Å². The molecule has 182 valence electrons. The Morgan fingerprint density at radius 2 is 1.50 bits per heavy atom. The third-order valence-corrected chi connectivity index (χ3v) is 5.22. The summed E-state index contributed by atoms with van der Waals surface area (Å²) in [7, 11) is -4.93. The van der Waals surface area contributed by atoms with Gasteiger partial charge in [-0.3, -0.25) is 0 Å². The number of ether oxygens (including phenoxy) is 3. The summed E-state index contributed by atoms with van der Waals surface area (Å²) in [6.07, 6.45) is 0. The molecule has 2 rings (SSSR count). The quantitative estimate of drug-likeness (QED) is 0.215. The molecule has 0 spiro atoms. The maximum absolute atomic E-state index is 12.3. The van der Waals surface area contributed by atoms with Gasteiger partial charge in [0, 0.05) is 10.4 Å². The third-order valence-electron chi connectivity index (χ3n) is 4.33. The Morgan fingerprint density at radius 3 is 1.97 bits per heavy atom. The zero-order chi connectivity index (χ0) is 26.7. The summed E-state index contributed by atoms with van der Waals surface area (Å²) in [6, 6.07) is 10.5. The first-order valence-electron chi connectivity index (χ1n) is 9.78. The molecule has 1 N–H and O–H groups in total. The van der Waals surface area contributed by atoms with Crippen LogP contribution in [-0.2, 0) is 14.9 Å². The first-order valence-corrected chi connectivity index (χ1v) is 11.2. The summed E-state index contributed by atoms with van der Waals surface area (Å²) < 4.78 is 49.9. The van der Waals surface area contributed by atoms with Crippen LogP contribution < -0.4 is 19.9 Å². The van der Waals surface area contributed by atoms with E-state index < -0.39 is 38.9 Å². The fourth-order valence-electron chi connectivity index (χ4n) is 2.83. The monoisotopic (exact) mass is 507 g/mol. The van der Waals surface area contributed by atoms with Crippen molar-refractivity contribution in [1.29, 1.82) is 10.5 Å². The average molecular weight is 507 g/mol. The van der Waals surface area contributed by atoms with Crippen LogP contribution in [0.3, 0.4) is 0 Å². The molecule has 12 nitrogen and oxygen atoms in total. The van der Waals surface area contributed by atoms with Crippen LogP contribution in [0.25, 0.3) is 21.1 Å². The van der Waals surface area contributed by atoms with Gasteiger partial charge < -0.3 is 23.9 Å². The van der Waals surface area contributed by atoms with Crippen molar-refractivity contribution >= 4 is 27.5 Å². The van der Waals surface area contributed by atoms with Gasteiger partial charge in [-0.15, -0.1) is 0 Å². The highest BCUT2D eigenvalue weighted by Gasteiger charge is 2.17. The van der Waals surface area contributed by atoms with E-state index in [1.54, 1.807) is 12.1 Å². The van der Waals surface area contributed by atoms with Gasteiger partial charge in [-0.1, -0.05) is 12.1 Å². The summed E-state index contributed by atoms with van der Waals surface area (Å²) in [5.74, 6) is -1.25. The number of carbonyl (C=O) groups is 1. The lowest BCUT2D eigenvalue weighted by atomic mass is 10.1. The Balaban J connectivity index is 2.41. The van der Waals surface area contributed by atoms with E-state index in [0.717, 1.165) is 12.1 Å². The predicted octanol–water partition coefficient (Wildman–Crippen LogP) is 0.300. The van der Waals surface area contributed by atoms with E-state index in [1.165, 1.54) is 24.3 Å². The average Bonchev–Trinajstić information content (AvgIpc) is 2.87. The molecule has 0 saturated carbocycles. The Kier molecular flexibility index (Phi) is 9.50. The van der Waals surface area contributed by atoms with Gasteiger partial charge in [0.1, 0.15) is 41.4 Å². The summed E-state index contributed by atoms with van der Waals surface area (Å²) in [5.41, 5.74) is -1.25. The normalized spacial score (nSPS) is 12.1. The fourth-order valence-corrected chi connectivity index (χ4v) is 3.50. The zero-order valence-corrected chi connectivity index (χ0v) is 19.1. The molecule has 36 heavy (non-hydrogen) atoms.